The zero-order chi connectivity index (χ0) is 20.1. The maximum absolute atomic E-state index is 12.2. The van der Waals surface area contributed by atoms with Gasteiger partial charge in [0.25, 0.3) is 11.8 Å². The summed E-state index contributed by atoms with van der Waals surface area (Å²) in [4.78, 5) is 16.3. The first-order chi connectivity index (χ1) is 13.4. The predicted octanol–water partition coefficient (Wildman–Crippen LogP) is 3.10. The van der Waals surface area contributed by atoms with Crippen molar-refractivity contribution in [1.29, 1.82) is 0 Å². The number of carbonyl (C=O) groups excluding carboxylic acids is 1. The molecular weight excluding hydrogens is 379 g/mol. The zero-order valence-electron chi connectivity index (χ0n) is 14.2. The van der Waals surface area contributed by atoms with Crippen LogP contribution in [0, 0.1) is 0 Å². The summed E-state index contributed by atoms with van der Waals surface area (Å²) in [5, 5.41) is 15.8. The van der Waals surface area contributed by atoms with Gasteiger partial charge in [0.05, 0.1) is 6.61 Å². The van der Waals surface area contributed by atoms with Crippen LogP contribution in [0.4, 0.5) is 13.2 Å². The van der Waals surface area contributed by atoms with Gasteiger partial charge in [0, 0.05) is 11.1 Å². The molecule has 146 valence electrons. The minimum atomic E-state index is -4.79. The van der Waals surface area contributed by atoms with Gasteiger partial charge in [-0.3, -0.25) is 4.79 Å². The van der Waals surface area contributed by atoms with Crippen molar-refractivity contribution >= 4 is 5.91 Å². The highest BCUT2D eigenvalue weighted by molar-refractivity contribution is 5.94. The molecule has 1 aromatic heterocycles. The number of aromatic nitrogens is 2. The molecule has 10 heteroatoms. The van der Waals surface area contributed by atoms with Crippen LogP contribution >= 0.6 is 0 Å². The Morgan fingerprint density at radius 2 is 1.82 bits per heavy atom. The van der Waals surface area contributed by atoms with Gasteiger partial charge in [-0.15, -0.1) is 13.2 Å². The van der Waals surface area contributed by atoms with Gasteiger partial charge in [0.1, 0.15) is 11.8 Å². The van der Waals surface area contributed by atoms with Gasteiger partial charge >= 0.3 is 6.36 Å². The minimum Gasteiger partial charge on any atom is -0.406 e. The Kier molecular flexibility index (Phi) is 5.59. The third-order valence-corrected chi connectivity index (χ3v) is 3.61. The quantitative estimate of drug-likeness (QED) is 0.668. The van der Waals surface area contributed by atoms with Crippen LogP contribution in [0.25, 0.3) is 11.4 Å². The van der Waals surface area contributed by atoms with E-state index in [0.29, 0.717) is 11.1 Å². The summed E-state index contributed by atoms with van der Waals surface area (Å²) < 4.78 is 45.5. The summed E-state index contributed by atoms with van der Waals surface area (Å²) in [6.07, 6.45) is -4.79. The van der Waals surface area contributed by atoms with Gasteiger partial charge in [-0.2, -0.15) is 4.98 Å². The SMILES string of the molecule is O=C(N[C@@H](CO)c1nc(-c2ccc(OC(F)(F)F)cc2)no1)c1ccccc1. The number of hydrogen-bond donors (Lipinski definition) is 2. The highest BCUT2D eigenvalue weighted by Gasteiger charge is 2.31. The third kappa shape index (κ3) is 4.86. The van der Waals surface area contributed by atoms with Gasteiger partial charge in [-0.25, -0.2) is 0 Å². The summed E-state index contributed by atoms with van der Waals surface area (Å²) in [5.41, 5.74) is 0.761. The van der Waals surface area contributed by atoms with Crippen molar-refractivity contribution in [1.82, 2.24) is 15.5 Å². The number of carbonyl (C=O) groups is 1. The Balaban J connectivity index is 1.72. The van der Waals surface area contributed by atoms with E-state index in [1.54, 1.807) is 30.3 Å². The second-order valence-corrected chi connectivity index (χ2v) is 5.60. The Bertz CT molecular complexity index is 927. The van der Waals surface area contributed by atoms with E-state index in [0.717, 1.165) is 12.1 Å². The third-order valence-electron chi connectivity index (χ3n) is 3.61. The van der Waals surface area contributed by atoms with Crippen LogP contribution in [-0.2, 0) is 0 Å². The van der Waals surface area contributed by atoms with Crippen molar-refractivity contribution in [2.75, 3.05) is 6.61 Å². The fourth-order valence-electron chi connectivity index (χ4n) is 2.32. The molecule has 0 bridgehead atoms. The van der Waals surface area contributed by atoms with Gasteiger partial charge in [0.15, 0.2) is 0 Å². The molecule has 0 saturated heterocycles. The molecule has 2 aromatic carbocycles. The van der Waals surface area contributed by atoms with Crippen molar-refractivity contribution in [3.8, 4) is 17.1 Å². The lowest BCUT2D eigenvalue weighted by molar-refractivity contribution is -0.274. The average molecular weight is 393 g/mol. The van der Waals surface area contributed by atoms with E-state index in [9.17, 15) is 23.1 Å². The summed E-state index contributed by atoms with van der Waals surface area (Å²) >= 11 is 0. The zero-order valence-corrected chi connectivity index (χ0v) is 14.2. The Hall–Kier alpha value is -3.40. The highest BCUT2D eigenvalue weighted by atomic mass is 19.4. The molecule has 1 amide bonds. The first-order valence-corrected chi connectivity index (χ1v) is 8.02. The van der Waals surface area contributed by atoms with E-state index in [1.165, 1.54) is 12.1 Å². The van der Waals surface area contributed by atoms with Crippen molar-refractivity contribution in [3.05, 3.63) is 66.1 Å². The average Bonchev–Trinajstić information content (AvgIpc) is 3.16. The Morgan fingerprint density at radius 1 is 1.14 bits per heavy atom. The fraction of sp³-hybridized carbons (Fsp3) is 0.167. The van der Waals surface area contributed by atoms with Crippen molar-refractivity contribution in [2.24, 2.45) is 0 Å². The van der Waals surface area contributed by atoms with Crippen molar-refractivity contribution < 1.29 is 32.3 Å². The molecule has 0 aliphatic carbocycles. The molecule has 1 atom stereocenters. The molecule has 0 saturated carbocycles. The first kappa shape index (κ1) is 19.4. The second-order valence-electron chi connectivity index (χ2n) is 5.60. The van der Waals surface area contributed by atoms with Crippen LogP contribution in [0.2, 0.25) is 0 Å². The summed E-state index contributed by atoms with van der Waals surface area (Å²) in [6.45, 7) is -0.488. The van der Waals surface area contributed by atoms with Gasteiger partial charge in [-0.05, 0) is 36.4 Å². The lowest BCUT2D eigenvalue weighted by Crippen LogP contribution is -2.31. The number of ether oxygens (including phenoxy) is 1. The smallest absolute Gasteiger partial charge is 0.406 e. The number of amides is 1. The van der Waals surface area contributed by atoms with E-state index in [4.69, 9.17) is 4.52 Å². The number of nitrogens with one attached hydrogen (secondary N) is 1. The molecule has 0 unspecified atom stereocenters. The number of alkyl halides is 3. The molecule has 7 nitrogen and oxygen atoms in total. The van der Waals surface area contributed by atoms with E-state index >= 15 is 0 Å². The molecule has 3 rings (SSSR count). The Morgan fingerprint density at radius 3 is 2.43 bits per heavy atom. The monoisotopic (exact) mass is 393 g/mol. The van der Waals surface area contributed by atoms with Crippen LogP contribution < -0.4 is 10.1 Å². The molecule has 1 heterocycles. The number of nitrogens with zero attached hydrogens (tertiary/aromatic N) is 2. The summed E-state index contributed by atoms with van der Waals surface area (Å²) in [7, 11) is 0. The molecule has 0 spiro atoms. The lowest BCUT2D eigenvalue weighted by Gasteiger charge is -2.12. The molecule has 0 radical (unpaired) electrons. The van der Waals surface area contributed by atoms with Crippen LogP contribution in [0.3, 0.4) is 0 Å². The van der Waals surface area contributed by atoms with Crippen molar-refractivity contribution in [2.45, 2.75) is 12.4 Å². The molecular formula is C18H14F3N3O4. The van der Waals surface area contributed by atoms with Crippen LogP contribution in [0.15, 0.2) is 59.1 Å². The lowest BCUT2D eigenvalue weighted by atomic mass is 10.2. The largest absolute Gasteiger partial charge is 0.573 e. The van der Waals surface area contributed by atoms with Gasteiger partial charge < -0.3 is 19.7 Å². The molecule has 2 N–H and O–H groups in total. The fourth-order valence-corrected chi connectivity index (χ4v) is 2.32. The van der Waals surface area contributed by atoms with Crippen molar-refractivity contribution in [3.63, 3.8) is 0 Å². The maximum Gasteiger partial charge on any atom is 0.573 e. The standard InChI is InChI=1S/C18H14F3N3O4/c19-18(20,21)27-13-8-6-11(7-9-13)15-23-17(28-24-15)14(10-25)22-16(26)12-4-2-1-3-5-12/h1-9,14,25H,10H2,(H,22,26)/t14-/m0/s1. The second kappa shape index (κ2) is 8.09. The van der Waals surface area contributed by atoms with Crippen LogP contribution in [0.5, 0.6) is 5.75 Å². The molecule has 0 fully saturated rings. The summed E-state index contributed by atoms with van der Waals surface area (Å²) in [6, 6.07) is 12.3. The van der Waals surface area contributed by atoms with E-state index in [1.807, 2.05) is 0 Å². The highest BCUT2D eigenvalue weighted by Crippen LogP contribution is 2.26. The topological polar surface area (TPSA) is 97.5 Å². The van der Waals surface area contributed by atoms with E-state index in [-0.39, 0.29) is 17.5 Å². The van der Waals surface area contributed by atoms with Crippen LogP contribution in [-0.4, -0.2) is 34.1 Å². The Labute approximate surface area is 156 Å². The maximum atomic E-state index is 12.2. The first-order valence-electron chi connectivity index (χ1n) is 8.02. The van der Waals surface area contributed by atoms with Gasteiger partial charge in [-0.1, -0.05) is 23.4 Å². The molecule has 0 aliphatic rings. The molecule has 0 aliphatic heterocycles. The number of benzene rings is 2. The van der Waals surface area contributed by atoms with E-state index in [2.05, 4.69) is 20.2 Å². The number of aliphatic hydroxyl groups excluding tert-OH is 1. The van der Waals surface area contributed by atoms with Gasteiger partial charge in [0.2, 0.25) is 5.82 Å². The molecule has 3 aromatic rings. The van der Waals surface area contributed by atoms with Crippen LogP contribution in [0.1, 0.15) is 22.3 Å². The number of hydrogen-bond acceptors (Lipinski definition) is 6. The van der Waals surface area contributed by atoms with E-state index < -0.39 is 24.9 Å². The summed E-state index contributed by atoms with van der Waals surface area (Å²) in [5.74, 6) is -0.783. The number of halogens is 3. The number of rotatable bonds is 6. The minimum absolute atomic E-state index is 0.0441. The predicted molar refractivity (Wildman–Crippen MR) is 90.2 cm³/mol. The number of aliphatic hydroxyl groups is 1. The molecule has 28 heavy (non-hydrogen) atoms. The normalized spacial score (nSPS) is 12.4.